The summed E-state index contributed by atoms with van der Waals surface area (Å²) in [5.41, 5.74) is 1.66. The maximum atomic E-state index is 15.9. The number of nitrogens with one attached hydrogen (secondary N) is 1. The molecule has 1 aliphatic heterocycles. The van der Waals surface area contributed by atoms with Crippen molar-refractivity contribution in [2.75, 3.05) is 19.8 Å². The van der Waals surface area contributed by atoms with Crippen molar-refractivity contribution in [3.63, 3.8) is 0 Å². The van der Waals surface area contributed by atoms with E-state index in [-0.39, 0.29) is 47.1 Å². The van der Waals surface area contributed by atoms with Crippen LogP contribution < -0.4 is 10.1 Å². The highest BCUT2D eigenvalue weighted by atomic mass is 35.5. The van der Waals surface area contributed by atoms with Gasteiger partial charge < -0.3 is 19.5 Å². The Morgan fingerprint density at radius 1 is 1.18 bits per heavy atom. The number of hydrogen-bond acceptors (Lipinski definition) is 5. The van der Waals surface area contributed by atoms with Crippen LogP contribution in [0.3, 0.4) is 0 Å². The van der Waals surface area contributed by atoms with Crippen LogP contribution in [0, 0.1) is 17.1 Å². The molecule has 1 aliphatic rings. The van der Waals surface area contributed by atoms with Crippen LogP contribution in [0.5, 0.6) is 5.75 Å². The highest BCUT2D eigenvalue weighted by Crippen LogP contribution is 2.39. The van der Waals surface area contributed by atoms with Crippen LogP contribution in [-0.2, 0) is 9.47 Å². The third-order valence-corrected chi connectivity index (χ3v) is 6.72. The van der Waals surface area contributed by atoms with E-state index in [0.29, 0.717) is 12.2 Å². The average molecular weight is 551 g/mol. The van der Waals surface area contributed by atoms with Gasteiger partial charge in [0.15, 0.2) is 11.6 Å². The minimum Gasteiger partial charge on any atom is -0.488 e. The molecule has 1 unspecified atom stereocenters. The molecular weight excluding hydrogens is 519 g/mol. The fourth-order valence-corrected chi connectivity index (χ4v) is 4.76. The first-order chi connectivity index (χ1) is 18.7. The number of rotatable bonds is 8. The Hall–Kier alpha value is -3.60. The molecule has 1 fully saturated rings. The Bertz CT molecular complexity index is 1350. The highest BCUT2D eigenvalue weighted by molar-refractivity contribution is 6.33. The Labute approximate surface area is 233 Å². The normalized spacial score (nSPS) is 15.8. The van der Waals surface area contributed by atoms with Crippen molar-refractivity contribution >= 4 is 17.7 Å². The van der Waals surface area contributed by atoms with Gasteiger partial charge >= 0.3 is 6.09 Å². The quantitative estimate of drug-likeness (QED) is 0.320. The monoisotopic (exact) mass is 550 g/mol. The predicted molar refractivity (Wildman–Crippen MR) is 149 cm³/mol. The minimum absolute atomic E-state index is 0.0344. The molecule has 1 amide bonds. The van der Waals surface area contributed by atoms with Crippen molar-refractivity contribution in [2.24, 2.45) is 0 Å². The number of amides is 1. The van der Waals surface area contributed by atoms with Crippen LogP contribution in [0.2, 0.25) is 5.02 Å². The highest BCUT2D eigenvalue weighted by Gasteiger charge is 2.24. The van der Waals surface area contributed by atoms with Gasteiger partial charge in [0, 0.05) is 35.2 Å². The molecule has 3 aromatic rings. The summed E-state index contributed by atoms with van der Waals surface area (Å²) in [6.07, 6.45) is 1.19. The van der Waals surface area contributed by atoms with Gasteiger partial charge in [0.2, 0.25) is 0 Å². The number of ether oxygens (including phenoxy) is 3. The summed E-state index contributed by atoms with van der Waals surface area (Å²) < 4.78 is 32.6. The molecule has 4 rings (SSSR count). The first-order valence-corrected chi connectivity index (χ1v) is 13.3. The lowest BCUT2D eigenvalue weighted by molar-refractivity contribution is 0.0526. The number of nitrogens with zero attached hydrogens (tertiary/aromatic N) is 1. The summed E-state index contributed by atoms with van der Waals surface area (Å²) in [6, 6.07) is 20.0. The van der Waals surface area contributed by atoms with Gasteiger partial charge in [-0.2, -0.15) is 5.26 Å². The Morgan fingerprint density at radius 3 is 2.62 bits per heavy atom. The van der Waals surface area contributed by atoms with Gasteiger partial charge in [0.05, 0.1) is 17.7 Å². The summed E-state index contributed by atoms with van der Waals surface area (Å²) in [4.78, 5) is 12.4. The first-order valence-electron chi connectivity index (χ1n) is 12.9. The number of benzene rings is 3. The standard InChI is InChI=1S/C31H32ClFN2O4/c1-31(2,3)39-30(36)35-18-25(20-8-5-4-6-9-20)21-11-13-26(32)24(16-21)28-22(17-34)12-14-27(29(28)33)38-19-23-10-7-15-37-23/h4-6,8-9,11-14,16,23,25H,7,10,15,18-19H2,1-3H3,(H,35,36)/t23-,25?/m0/s1. The van der Waals surface area contributed by atoms with E-state index in [1.807, 2.05) is 36.4 Å². The number of halogens is 2. The van der Waals surface area contributed by atoms with E-state index in [0.717, 1.165) is 24.0 Å². The average Bonchev–Trinajstić information content (AvgIpc) is 3.42. The zero-order valence-electron chi connectivity index (χ0n) is 22.3. The number of hydrogen-bond donors (Lipinski definition) is 1. The number of alkyl carbamates (subject to hydrolysis) is 1. The van der Waals surface area contributed by atoms with Crippen molar-refractivity contribution in [1.82, 2.24) is 5.32 Å². The molecule has 1 saturated heterocycles. The Kier molecular flexibility index (Phi) is 9.11. The summed E-state index contributed by atoms with van der Waals surface area (Å²) >= 11 is 6.59. The molecule has 8 heteroatoms. The lowest BCUT2D eigenvalue weighted by Crippen LogP contribution is -2.35. The van der Waals surface area contributed by atoms with Crippen molar-refractivity contribution in [3.8, 4) is 22.9 Å². The molecule has 0 aliphatic carbocycles. The van der Waals surface area contributed by atoms with Crippen molar-refractivity contribution in [2.45, 2.75) is 51.2 Å². The van der Waals surface area contributed by atoms with Gasteiger partial charge in [-0.25, -0.2) is 9.18 Å². The fraction of sp³-hybridized carbons (Fsp3) is 0.355. The summed E-state index contributed by atoms with van der Waals surface area (Å²) in [5, 5.41) is 12.9. The topological polar surface area (TPSA) is 80.6 Å². The number of carbonyl (C=O) groups is 1. The maximum absolute atomic E-state index is 15.9. The molecule has 6 nitrogen and oxygen atoms in total. The SMILES string of the molecule is CC(C)(C)OC(=O)NCC(c1ccccc1)c1ccc(Cl)c(-c2c(C#N)ccc(OC[C@@H]3CCCO3)c2F)c1. The largest absolute Gasteiger partial charge is 0.488 e. The van der Waals surface area contributed by atoms with Crippen LogP contribution in [0.4, 0.5) is 9.18 Å². The van der Waals surface area contributed by atoms with E-state index in [1.54, 1.807) is 32.9 Å². The van der Waals surface area contributed by atoms with E-state index < -0.39 is 17.5 Å². The zero-order valence-corrected chi connectivity index (χ0v) is 23.1. The molecule has 0 aromatic heterocycles. The lowest BCUT2D eigenvalue weighted by Gasteiger charge is -2.23. The van der Waals surface area contributed by atoms with E-state index in [4.69, 9.17) is 25.8 Å². The van der Waals surface area contributed by atoms with Gasteiger partial charge in [0.25, 0.3) is 0 Å². The van der Waals surface area contributed by atoms with E-state index in [1.165, 1.54) is 12.1 Å². The van der Waals surface area contributed by atoms with Gasteiger partial charge in [-0.1, -0.05) is 48.0 Å². The second kappa shape index (κ2) is 12.5. The Morgan fingerprint density at radius 2 is 1.95 bits per heavy atom. The first kappa shape index (κ1) is 28.4. The van der Waals surface area contributed by atoms with Gasteiger partial charge in [0.1, 0.15) is 12.2 Å². The maximum Gasteiger partial charge on any atom is 0.407 e. The molecule has 0 saturated carbocycles. The van der Waals surface area contributed by atoms with E-state index in [9.17, 15) is 10.1 Å². The predicted octanol–water partition coefficient (Wildman–Crippen LogP) is 7.23. The van der Waals surface area contributed by atoms with E-state index in [2.05, 4.69) is 11.4 Å². The summed E-state index contributed by atoms with van der Waals surface area (Å²) in [5.74, 6) is -0.913. The summed E-state index contributed by atoms with van der Waals surface area (Å²) in [6.45, 7) is 6.52. The summed E-state index contributed by atoms with van der Waals surface area (Å²) in [7, 11) is 0. The third-order valence-electron chi connectivity index (χ3n) is 6.39. The van der Waals surface area contributed by atoms with Crippen LogP contribution in [0.15, 0.2) is 60.7 Å². The molecule has 1 heterocycles. The third kappa shape index (κ3) is 7.29. The molecule has 2 atom stereocenters. The molecule has 204 valence electrons. The van der Waals surface area contributed by atoms with Crippen molar-refractivity contribution in [1.29, 1.82) is 5.26 Å². The van der Waals surface area contributed by atoms with Crippen molar-refractivity contribution in [3.05, 3.63) is 88.2 Å². The molecule has 3 aromatic carbocycles. The fourth-order valence-electron chi connectivity index (χ4n) is 4.55. The Balaban J connectivity index is 1.70. The number of carbonyl (C=O) groups excluding carboxylic acids is 1. The van der Waals surface area contributed by atoms with Gasteiger partial charge in [-0.05, 0) is 69.0 Å². The molecule has 39 heavy (non-hydrogen) atoms. The van der Waals surface area contributed by atoms with Crippen LogP contribution >= 0.6 is 11.6 Å². The molecule has 0 radical (unpaired) electrons. The molecule has 0 bridgehead atoms. The van der Waals surface area contributed by atoms with Crippen molar-refractivity contribution < 1.29 is 23.4 Å². The lowest BCUT2D eigenvalue weighted by atomic mass is 9.88. The molecule has 0 spiro atoms. The number of nitriles is 1. The van der Waals surface area contributed by atoms with Crippen LogP contribution in [-0.4, -0.2) is 37.6 Å². The van der Waals surface area contributed by atoms with Gasteiger partial charge in [-0.3, -0.25) is 0 Å². The van der Waals surface area contributed by atoms with Gasteiger partial charge in [-0.15, -0.1) is 0 Å². The molecular formula is C31H32ClFN2O4. The second-order valence-electron chi connectivity index (χ2n) is 10.4. The van der Waals surface area contributed by atoms with Crippen LogP contribution in [0.25, 0.3) is 11.1 Å². The van der Waals surface area contributed by atoms with E-state index >= 15 is 4.39 Å². The zero-order chi connectivity index (χ0) is 28.0. The minimum atomic E-state index is -0.658. The molecule has 1 N–H and O–H groups in total. The second-order valence-corrected chi connectivity index (χ2v) is 10.9. The van der Waals surface area contributed by atoms with Crippen LogP contribution in [0.1, 0.15) is 56.2 Å². The smallest absolute Gasteiger partial charge is 0.407 e.